The first kappa shape index (κ1) is 11.4. The number of halogens is 1. The zero-order chi connectivity index (χ0) is 12.5. The van der Waals surface area contributed by atoms with Gasteiger partial charge in [-0.15, -0.1) is 0 Å². The number of hydrogen-bond donors (Lipinski definition) is 2. The summed E-state index contributed by atoms with van der Waals surface area (Å²) in [7, 11) is 0. The van der Waals surface area contributed by atoms with Crippen molar-refractivity contribution in [1.82, 2.24) is 9.97 Å². The van der Waals surface area contributed by atoms with Crippen LogP contribution in [0.5, 0.6) is 0 Å². The molecule has 1 aliphatic rings. The smallest absolute Gasteiger partial charge is 0.148 e. The fourth-order valence-electron chi connectivity index (χ4n) is 2.38. The van der Waals surface area contributed by atoms with Crippen LogP contribution in [-0.4, -0.2) is 16.0 Å². The molecule has 0 spiro atoms. The van der Waals surface area contributed by atoms with Crippen molar-refractivity contribution < 1.29 is 0 Å². The lowest BCUT2D eigenvalue weighted by atomic mass is 10.1. The van der Waals surface area contributed by atoms with Gasteiger partial charge in [-0.05, 0) is 17.5 Å². The predicted octanol–water partition coefficient (Wildman–Crippen LogP) is 2.17. The summed E-state index contributed by atoms with van der Waals surface area (Å²) in [5.41, 5.74) is 8.68. The van der Waals surface area contributed by atoms with Gasteiger partial charge in [0.05, 0.1) is 12.2 Å². The Kier molecular flexibility index (Phi) is 2.89. The van der Waals surface area contributed by atoms with Crippen molar-refractivity contribution in [1.29, 1.82) is 0 Å². The van der Waals surface area contributed by atoms with E-state index in [0.29, 0.717) is 10.8 Å². The zero-order valence-electron chi connectivity index (χ0n) is 9.68. The van der Waals surface area contributed by atoms with Crippen LogP contribution in [0.15, 0.2) is 36.8 Å². The lowest BCUT2D eigenvalue weighted by Crippen LogP contribution is -2.30. The summed E-state index contributed by atoms with van der Waals surface area (Å²) in [4.78, 5) is 8.01. The molecular weight excluding hydrogens is 248 g/mol. The van der Waals surface area contributed by atoms with E-state index in [1.807, 2.05) is 12.1 Å². The van der Waals surface area contributed by atoms with Gasteiger partial charge in [0.1, 0.15) is 17.2 Å². The van der Waals surface area contributed by atoms with Crippen LogP contribution in [0.25, 0.3) is 0 Å². The zero-order valence-corrected chi connectivity index (χ0v) is 10.4. The van der Waals surface area contributed by atoms with Crippen LogP contribution in [0.1, 0.15) is 17.2 Å². The number of fused-ring (bicyclic) bond motifs is 1. The van der Waals surface area contributed by atoms with Crippen LogP contribution in [0, 0.1) is 0 Å². The van der Waals surface area contributed by atoms with Crippen LogP contribution in [0.2, 0.25) is 5.02 Å². The molecule has 2 unspecified atom stereocenters. The summed E-state index contributed by atoms with van der Waals surface area (Å²) in [5, 5.41) is 3.82. The Bertz CT molecular complexity index is 572. The summed E-state index contributed by atoms with van der Waals surface area (Å²) >= 11 is 6.05. The van der Waals surface area contributed by atoms with E-state index in [0.717, 1.165) is 6.42 Å². The second kappa shape index (κ2) is 4.55. The van der Waals surface area contributed by atoms with E-state index in [2.05, 4.69) is 27.4 Å². The molecule has 2 atom stereocenters. The average molecular weight is 261 g/mol. The molecular formula is C13H13ClN4. The van der Waals surface area contributed by atoms with Crippen LogP contribution in [0.3, 0.4) is 0 Å². The van der Waals surface area contributed by atoms with Crippen LogP contribution < -0.4 is 11.1 Å². The van der Waals surface area contributed by atoms with Gasteiger partial charge in [-0.25, -0.2) is 9.97 Å². The molecule has 0 saturated heterocycles. The van der Waals surface area contributed by atoms with E-state index in [1.165, 1.54) is 17.5 Å². The van der Waals surface area contributed by atoms with Gasteiger partial charge in [-0.2, -0.15) is 0 Å². The summed E-state index contributed by atoms with van der Waals surface area (Å²) in [6.45, 7) is 0. The fraction of sp³-hybridized carbons (Fsp3) is 0.231. The lowest BCUT2D eigenvalue weighted by Gasteiger charge is -2.19. The molecule has 3 N–H and O–H groups in total. The maximum Gasteiger partial charge on any atom is 0.148 e. The number of nitrogens with one attached hydrogen (secondary N) is 1. The standard InChI is InChI=1S/C13H13ClN4/c14-10-6-16-7-17-13(10)18-12-9-4-2-1-3-8(9)5-11(12)15/h1-4,6-7,11-12H,5,15H2,(H,16,17,18). The van der Waals surface area contributed by atoms with E-state index in [4.69, 9.17) is 17.3 Å². The number of anilines is 1. The van der Waals surface area contributed by atoms with Gasteiger partial charge in [-0.1, -0.05) is 35.9 Å². The Labute approximate surface area is 110 Å². The maximum atomic E-state index is 6.18. The number of rotatable bonds is 2. The molecule has 0 fully saturated rings. The summed E-state index contributed by atoms with van der Waals surface area (Å²) < 4.78 is 0. The third-order valence-corrected chi connectivity index (χ3v) is 3.51. The van der Waals surface area contributed by atoms with Gasteiger partial charge < -0.3 is 11.1 Å². The first-order valence-electron chi connectivity index (χ1n) is 5.81. The average Bonchev–Trinajstić information content (AvgIpc) is 2.69. The molecule has 0 aliphatic heterocycles. The molecule has 4 nitrogen and oxygen atoms in total. The van der Waals surface area contributed by atoms with Gasteiger partial charge in [0.2, 0.25) is 0 Å². The lowest BCUT2D eigenvalue weighted by molar-refractivity contribution is 0.623. The third-order valence-electron chi connectivity index (χ3n) is 3.23. The minimum Gasteiger partial charge on any atom is -0.360 e. The Morgan fingerprint density at radius 1 is 1.33 bits per heavy atom. The minimum absolute atomic E-state index is 0.0356. The van der Waals surface area contributed by atoms with Gasteiger partial charge in [0.25, 0.3) is 0 Å². The number of hydrogen-bond acceptors (Lipinski definition) is 4. The number of aromatic nitrogens is 2. The van der Waals surface area contributed by atoms with Crippen molar-refractivity contribution in [2.75, 3.05) is 5.32 Å². The van der Waals surface area contributed by atoms with E-state index < -0.39 is 0 Å². The Morgan fingerprint density at radius 3 is 3.00 bits per heavy atom. The third kappa shape index (κ3) is 1.94. The molecule has 2 aromatic rings. The topological polar surface area (TPSA) is 63.8 Å². The second-order valence-electron chi connectivity index (χ2n) is 4.41. The molecule has 0 radical (unpaired) electrons. The summed E-state index contributed by atoms with van der Waals surface area (Å²) in [6, 6.07) is 8.34. The van der Waals surface area contributed by atoms with Crippen molar-refractivity contribution in [2.45, 2.75) is 18.5 Å². The molecule has 0 amide bonds. The molecule has 0 saturated carbocycles. The van der Waals surface area contributed by atoms with Gasteiger partial charge in [0.15, 0.2) is 0 Å². The Morgan fingerprint density at radius 2 is 2.17 bits per heavy atom. The first-order chi connectivity index (χ1) is 8.75. The van der Waals surface area contributed by atoms with Crippen molar-refractivity contribution in [3.8, 4) is 0 Å². The Balaban J connectivity index is 1.92. The molecule has 3 rings (SSSR count). The quantitative estimate of drug-likeness (QED) is 0.869. The molecule has 1 aliphatic carbocycles. The van der Waals surface area contributed by atoms with Crippen molar-refractivity contribution >= 4 is 17.4 Å². The van der Waals surface area contributed by atoms with E-state index in [1.54, 1.807) is 6.20 Å². The van der Waals surface area contributed by atoms with Crippen molar-refractivity contribution in [2.24, 2.45) is 5.73 Å². The fourth-order valence-corrected chi connectivity index (χ4v) is 2.54. The van der Waals surface area contributed by atoms with Gasteiger partial charge in [0, 0.05) is 6.04 Å². The van der Waals surface area contributed by atoms with Crippen LogP contribution in [0.4, 0.5) is 5.82 Å². The second-order valence-corrected chi connectivity index (χ2v) is 4.82. The normalized spacial score (nSPS) is 21.7. The van der Waals surface area contributed by atoms with Crippen molar-refractivity contribution in [3.05, 3.63) is 52.9 Å². The highest BCUT2D eigenvalue weighted by Crippen LogP contribution is 2.33. The van der Waals surface area contributed by atoms with E-state index >= 15 is 0 Å². The minimum atomic E-state index is 0.0356. The monoisotopic (exact) mass is 260 g/mol. The SMILES string of the molecule is NC1Cc2ccccc2C1Nc1ncncc1Cl. The highest BCUT2D eigenvalue weighted by Gasteiger charge is 2.29. The predicted molar refractivity (Wildman–Crippen MR) is 71.5 cm³/mol. The molecule has 0 bridgehead atoms. The van der Waals surface area contributed by atoms with Crippen LogP contribution >= 0.6 is 11.6 Å². The van der Waals surface area contributed by atoms with Crippen molar-refractivity contribution in [3.63, 3.8) is 0 Å². The van der Waals surface area contributed by atoms with Gasteiger partial charge >= 0.3 is 0 Å². The van der Waals surface area contributed by atoms with E-state index in [9.17, 15) is 0 Å². The van der Waals surface area contributed by atoms with E-state index in [-0.39, 0.29) is 12.1 Å². The first-order valence-corrected chi connectivity index (χ1v) is 6.19. The molecule has 92 valence electrons. The molecule has 1 aromatic carbocycles. The molecule has 1 aromatic heterocycles. The Hall–Kier alpha value is -1.65. The van der Waals surface area contributed by atoms with Crippen LogP contribution in [-0.2, 0) is 6.42 Å². The molecule has 18 heavy (non-hydrogen) atoms. The molecule has 1 heterocycles. The number of nitrogens with two attached hydrogens (primary N) is 1. The molecule has 5 heteroatoms. The highest BCUT2D eigenvalue weighted by atomic mass is 35.5. The summed E-state index contributed by atoms with van der Waals surface area (Å²) in [6.07, 6.45) is 3.92. The number of benzene rings is 1. The number of nitrogens with zero attached hydrogens (tertiary/aromatic N) is 2. The highest BCUT2D eigenvalue weighted by molar-refractivity contribution is 6.32. The largest absolute Gasteiger partial charge is 0.360 e. The summed E-state index contributed by atoms with van der Waals surface area (Å²) in [5.74, 6) is 0.629. The van der Waals surface area contributed by atoms with Gasteiger partial charge in [-0.3, -0.25) is 0 Å². The maximum absolute atomic E-state index is 6.18.